The van der Waals surface area contributed by atoms with Crippen molar-refractivity contribution in [3.8, 4) is 0 Å². The molecule has 0 unspecified atom stereocenters. The molecular weight excluding hydrogens is 164 g/mol. The summed E-state index contributed by atoms with van der Waals surface area (Å²) >= 11 is 0. The van der Waals surface area contributed by atoms with E-state index in [2.05, 4.69) is 18.9 Å². The zero-order chi connectivity index (χ0) is 10.4. The van der Waals surface area contributed by atoms with Crippen LogP contribution in [-0.4, -0.2) is 23.5 Å². The summed E-state index contributed by atoms with van der Waals surface area (Å²) in [6.07, 6.45) is 1.02. The number of carbonyl (C=O) groups excluding carboxylic acids is 1. The normalized spacial score (nSPS) is 10.6. The molecule has 0 saturated carbocycles. The molecule has 1 N–H and O–H groups in total. The van der Waals surface area contributed by atoms with E-state index in [-0.39, 0.29) is 5.91 Å². The number of hydrogen-bond acceptors (Lipinski definition) is 2. The number of rotatable bonds is 5. The van der Waals surface area contributed by atoms with Crippen LogP contribution < -0.4 is 5.43 Å². The van der Waals surface area contributed by atoms with Crippen molar-refractivity contribution in [2.45, 2.75) is 40.2 Å². The van der Waals surface area contributed by atoms with Crippen molar-refractivity contribution in [1.29, 1.82) is 0 Å². The summed E-state index contributed by atoms with van der Waals surface area (Å²) in [7, 11) is 0. The zero-order valence-corrected chi connectivity index (χ0v) is 9.05. The van der Waals surface area contributed by atoms with Gasteiger partial charge in [0, 0.05) is 18.2 Å². The highest BCUT2D eigenvalue weighted by Crippen LogP contribution is 1.97. The molecule has 0 saturated heterocycles. The summed E-state index contributed by atoms with van der Waals surface area (Å²) in [5.41, 5.74) is 3.35. The van der Waals surface area contributed by atoms with Crippen molar-refractivity contribution in [3.63, 3.8) is 0 Å². The van der Waals surface area contributed by atoms with Gasteiger partial charge in [0.2, 0.25) is 0 Å². The molecule has 0 aromatic rings. The number of nitrogens with zero attached hydrogens (tertiary/aromatic N) is 1. The van der Waals surface area contributed by atoms with Crippen LogP contribution >= 0.6 is 0 Å². The van der Waals surface area contributed by atoms with Crippen molar-refractivity contribution in [2.24, 2.45) is 0 Å². The number of amides is 1. The summed E-state index contributed by atoms with van der Waals surface area (Å²) in [5.74, 6) is -0.0952. The highest BCUT2D eigenvalue weighted by molar-refractivity contribution is 5.91. The second kappa shape index (κ2) is 5.75. The maximum absolute atomic E-state index is 11.3. The van der Waals surface area contributed by atoms with E-state index >= 15 is 0 Å². The molecule has 0 rings (SSSR count). The van der Waals surface area contributed by atoms with Crippen LogP contribution in [0.25, 0.3) is 0 Å². The molecule has 3 nitrogen and oxygen atoms in total. The number of nitrogens with one attached hydrogen (secondary N) is 1. The van der Waals surface area contributed by atoms with E-state index in [9.17, 15) is 4.79 Å². The largest absolute Gasteiger partial charge is 0.285 e. The third-order valence-electron chi connectivity index (χ3n) is 1.72. The topological polar surface area (TPSA) is 32.3 Å². The van der Waals surface area contributed by atoms with Crippen molar-refractivity contribution in [2.75, 3.05) is 6.54 Å². The Morgan fingerprint density at radius 2 is 2.08 bits per heavy atom. The minimum atomic E-state index is -0.0952. The van der Waals surface area contributed by atoms with E-state index in [1.165, 1.54) is 0 Å². The molecule has 0 heterocycles. The molecule has 0 aromatic heterocycles. The average molecular weight is 184 g/mol. The Morgan fingerprint density at radius 1 is 1.54 bits per heavy atom. The molecule has 0 aliphatic carbocycles. The Hall–Kier alpha value is -0.830. The van der Waals surface area contributed by atoms with Crippen LogP contribution in [-0.2, 0) is 4.79 Å². The Kier molecular flexibility index (Phi) is 5.39. The van der Waals surface area contributed by atoms with E-state index in [0.29, 0.717) is 11.6 Å². The van der Waals surface area contributed by atoms with E-state index in [1.807, 2.05) is 18.9 Å². The maximum Gasteiger partial charge on any atom is 0.260 e. The summed E-state index contributed by atoms with van der Waals surface area (Å²) in [5, 5.41) is 1.93. The van der Waals surface area contributed by atoms with Crippen molar-refractivity contribution >= 4 is 5.91 Å². The van der Waals surface area contributed by atoms with E-state index < -0.39 is 0 Å². The lowest BCUT2D eigenvalue weighted by Crippen LogP contribution is -2.46. The van der Waals surface area contributed by atoms with Crippen LogP contribution in [0.15, 0.2) is 12.2 Å². The van der Waals surface area contributed by atoms with Gasteiger partial charge in [-0.2, -0.15) is 0 Å². The third kappa shape index (κ3) is 4.68. The van der Waals surface area contributed by atoms with Crippen LogP contribution in [0.5, 0.6) is 0 Å². The quantitative estimate of drug-likeness (QED) is 0.521. The zero-order valence-electron chi connectivity index (χ0n) is 9.05. The molecule has 1 amide bonds. The van der Waals surface area contributed by atoms with Crippen molar-refractivity contribution in [1.82, 2.24) is 10.4 Å². The Labute approximate surface area is 80.8 Å². The fourth-order valence-corrected chi connectivity index (χ4v) is 0.910. The van der Waals surface area contributed by atoms with E-state index in [0.717, 1.165) is 13.0 Å². The van der Waals surface area contributed by atoms with Crippen molar-refractivity contribution < 1.29 is 4.79 Å². The maximum atomic E-state index is 11.3. The molecule has 76 valence electrons. The highest BCUT2D eigenvalue weighted by Gasteiger charge is 2.11. The minimum absolute atomic E-state index is 0.0952. The smallest absolute Gasteiger partial charge is 0.260 e. The Balaban J connectivity index is 4.09. The molecule has 0 bridgehead atoms. The standard InChI is InChI=1S/C10H20N2O/c1-6-7-12(9(4)5)11-10(13)8(2)3/h9H,2,6-7H2,1,3-5H3,(H,11,13). The second-order valence-electron chi connectivity index (χ2n) is 3.51. The number of hydrogen-bond donors (Lipinski definition) is 1. The first-order valence-electron chi connectivity index (χ1n) is 4.72. The SMILES string of the molecule is C=C(C)C(=O)NN(CCC)C(C)C. The summed E-state index contributed by atoms with van der Waals surface area (Å²) in [6.45, 7) is 12.4. The average Bonchev–Trinajstić information content (AvgIpc) is 2.03. The van der Waals surface area contributed by atoms with Gasteiger partial charge in [0.1, 0.15) is 0 Å². The fourth-order valence-electron chi connectivity index (χ4n) is 0.910. The molecule has 0 aliphatic heterocycles. The molecule has 0 atom stereocenters. The van der Waals surface area contributed by atoms with Gasteiger partial charge in [0.25, 0.3) is 5.91 Å². The first-order chi connectivity index (χ1) is 5.99. The van der Waals surface area contributed by atoms with E-state index in [1.54, 1.807) is 6.92 Å². The summed E-state index contributed by atoms with van der Waals surface area (Å²) in [4.78, 5) is 11.3. The Bertz CT molecular complexity index is 187. The lowest BCUT2D eigenvalue weighted by molar-refractivity contribution is -0.122. The molecular formula is C10H20N2O. The number of hydrazine groups is 1. The van der Waals surface area contributed by atoms with Crippen LogP contribution in [0, 0.1) is 0 Å². The van der Waals surface area contributed by atoms with Crippen LogP contribution in [0.2, 0.25) is 0 Å². The van der Waals surface area contributed by atoms with Gasteiger partial charge >= 0.3 is 0 Å². The van der Waals surface area contributed by atoms with Gasteiger partial charge in [0.15, 0.2) is 0 Å². The minimum Gasteiger partial charge on any atom is -0.285 e. The molecule has 13 heavy (non-hydrogen) atoms. The van der Waals surface area contributed by atoms with Gasteiger partial charge < -0.3 is 0 Å². The van der Waals surface area contributed by atoms with Gasteiger partial charge in [-0.3, -0.25) is 10.2 Å². The summed E-state index contributed by atoms with van der Waals surface area (Å²) in [6, 6.07) is 0.322. The molecule has 0 aromatic carbocycles. The highest BCUT2D eigenvalue weighted by atomic mass is 16.2. The van der Waals surface area contributed by atoms with Gasteiger partial charge in [0.05, 0.1) is 0 Å². The predicted octanol–water partition coefficient (Wildman–Crippen LogP) is 1.71. The van der Waals surface area contributed by atoms with E-state index in [4.69, 9.17) is 0 Å². The van der Waals surface area contributed by atoms with Gasteiger partial charge in [-0.15, -0.1) is 0 Å². The first kappa shape index (κ1) is 12.2. The van der Waals surface area contributed by atoms with Crippen LogP contribution in [0.3, 0.4) is 0 Å². The molecule has 0 spiro atoms. The van der Waals surface area contributed by atoms with Crippen LogP contribution in [0.4, 0.5) is 0 Å². The molecule has 3 heteroatoms. The second-order valence-corrected chi connectivity index (χ2v) is 3.51. The van der Waals surface area contributed by atoms with Gasteiger partial charge in [-0.25, -0.2) is 5.01 Å². The van der Waals surface area contributed by atoms with Gasteiger partial charge in [-0.1, -0.05) is 13.5 Å². The molecule has 0 aliphatic rings. The Morgan fingerprint density at radius 3 is 2.38 bits per heavy atom. The lowest BCUT2D eigenvalue weighted by atomic mass is 10.3. The first-order valence-corrected chi connectivity index (χ1v) is 4.72. The summed E-state index contributed by atoms with van der Waals surface area (Å²) < 4.78 is 0. The predicted molar refractivity (Wildman–Crippen MR) is 55.1 cm³/mol. The third-order valence-corrected chi connectivity index (χ3v) is 1.72. The fraction of sp³-hybridized carbons (Fsp3) is 0.700. The van der Waals surface area contributed by atoms with Crippen molar-refractivity contribution in [3.05, 3.63) is 12.2 Å². The number of carbonyl (C=O) groups is 1. The lowest BCUT2D eigenvalue weighted by Gasteiger charge is -2.26. The van der Waals surface area contributed by atoms with Crippen LogP contribution in [0.1, 0.15) is 34.1 Å². The monoisotopic (exact) mass is 184 g/mol. The molecule has 0 fully saturated rings. The molecule has 0 radical (unpaired) electrons. The van der Waals surface area contributed by atoms with Gasteiger partial charge in [-0.05, 0) is 27.2 Å².